The Hall–Kier alpha value is -2.08. The summed E-state index contributed by atoms with van der Waals surface area (Å²) in [4.78, 5) is 23.2. The maximum atomic E-state index is 12.1. The fourth-order valence-corrected chi connectivity index (χ4v) is 2.29. The zero-order valence-electron chi connectivity index (χ0n) is 11.4. The molecule has 0 bridgehead atoms. The topological polar surface area (TPSA) is 93.5 Å². The number of ether oxygens (including phenoxy) is 1. The Morgan fingerprint density at radius 2 is 1.60 bits per heavy atom. The van der Waals surface area contributed by atoms with Gasteiger partial charge in [0.15, 0.2) is 0 Å². The van der Waals surface area contributed by atoms with Gasteiger partial charge in [0.25, 0.3) is 0 Å². The van der Waals surface area contributed by atoms with Crippen molar-refractivity contribution in [2.45, 2.75) is 31.2 Å². The molecule has 1 aliphatic carbocycles. The van der Waals surface area contributed by atoms with Crippen molar-refractivity contribution >= 4 is 23.4 Å². The van der Waals surface area contributed by atoms with Crippen molar-refractivity contribution in [2.24, 2.45) is 5.73 Å². The number of nitrogens with two attached hydrogens (primary N) is 1. The van der Waals surface area contributed by atoms with Gasteiger partial charge >= 0.3 is 6.09 Å². The summed E-state index contributed by atoms with van der Waals surface area (Å²) in [6.07, 6.45) is 2.90. The number of carbonyl (C=O) groups is 2. The minimum atomic E-state index is -0.747. The molecule has 1 aromatic rings. The summed E-state index contributed by atoms with van der Waals surface area (Å²) in [5.74, 6) is -0.149. The Bertz CT molecular complexity index is 493. The normalized spacial score (nSPS) is 16.5. The maximum absolute atomic E-state index is 12.1. The van der Waals surface area contributed by atoms with E-state index >= 15 is 0 Å². The van der Waals surface area contributed by atoms with Gasteiger partial charge in [-0.1, -0.05) is 12.8 Å². The molecule has 6 nitrogen and oxygen atoms in total. The van der Waals surface area contributed by atoms with Crippen LogP contribution in [0.2, 0.25) is 0 Å². The second-order valence-electron chi connectivity index (χ2n) is 5.01. The minimum absolute atomic E-state index is 0.149. The molecule has 6 heteroatoms. The summed E-state index contributed by atoms with van der Waals surface area (Å²) in [6.45, 7) is 0. The molecule has 1 aliphatic rings. The Kier molecular flexibility index (Phi) is 4.24. The summed E-state index contributed by atoms with van der Waals surface area (Å²) in [6, 6.07) is 6.79. The van der Waals surface area contributed by atoms with Crippen LogP contribution in [0, 0.1) is 0 Å². The first-order chi connectivity index (χ1) is 9.53. The first-order valence-corrected chi connectivity index (χ1v) is 6.59. The zero-order valence-corrected chi connectivity index (χ0v) is 11.4. The second kappa shape index (κ2) is 5.92. The van der Waals surface area contributed by atoms with Crippen LogP contribution >= 0.6 is 0 Å². The van der Waals surface area contributed by atoms with E-state index in [0.29, 0.717) is 11.4 Å². The number of methoxy groups -OCH3 is 1. The average Bonchev–Trinajstić information content (AvgIpc) is 2.89. The highest BCUT2D eigenvalue weighted by molar-refractivity contribution is 5.98. The number of hydrogen-bond donors (Lipinski definition) is 3. The van der Waals surface area contributed by atoms with E-state index in [1.807, 2.05) is 0 Å². The van der Waals surface area contributed by atoms with Gasteiger partial charge in [0.2, 0.25) is 5.91 Å². The lowest BCUT2D eigenvalue weighted by molar-refractivity contribution is -0.121. The van der Waals surface area contributed by atoms with Crippen LogP contribution in [0.1, 0.15) is 25.7 Å². The van der Waals surface area contributed by atoms with Crippen molar-refractivity contribution in [3.05, 3.63) is 24.3 Å². The predicted molar refractivity (Wildman–Crippen MR) is 76.5 cm³/mol. The maximum Gasteiger partial charge on any atom is 0.411 e. The molecule has 0 heterocycles. The van der Waals surface area contributed by atoms with Gasteiger partial charge in [-0.3, -0.25) is 10.1 Å². The summed E-state index contributed by atoms with van der Waals surface area (Å²) >= 11 is 0. The number of nitrogens with one attached hydrogen (secondary N) is 2. The number of amides is 2. The molecule has 1 aromatic carbocycles. The van der Waals surface area contributed by atoms with Crippen LogP contribution in [0.25, 0.3) is 0 Å². The van der Waals surface area contributed by atoms with Crippen LogP contribution in [0.15, 0.2) is 24.3 Å². The van der Waals surface area contributed by atoms with E-state index in [2.05, 4.69) is 15.4 Å². The van der Waals surface area contributed by atoms with Gasteiger partial charge in [-0.05, 0) is 37.1 Å². The van der Waals surface area contributed by atoms with Crippen molar-refractivity contribution < 1.29 is 14.3 Å². The smallest absolute Gasteiger partial charge is 0.411 e. The van der Waals surface area contributed by atoms with E-state index in [1.165, 1.54) is 7.11 Å². The molecule has 0 saturated heterocycles. The third-order valence-corrected chi connectivity index (χ3v) is 3.52. The first kappa shape index (κ1) is 14.3. The van der Waals surface area contributed by atoms with E-state index in [-0.39, 0.29) is 5.91 Å². The molecule has 0 spiro atoms. The lowest BCUT2D eigenvalue weighted by Gasteiger charge is -2.22. The van der Waals surface area contributed by atoms with Crippen molar-refractivity contribution in [3.8, 4) is 0 Å². The molecule has 0 unspecified atom stereocenters. The van der Waals surface area contributed by atoms with Gasteiger partial charge in [0.1, 0.15) is 0 Å². The van der Waals surface area contributed by atoms with Crippen molar-refractivity contribution in [2.75, 3.05) is 17.7 Å². The molecule has 0 aliphatic heterocycles. The van der Waals surface area contributed by atoms with Crippen LogP contribution in [0.4, 0.5) is 16.2 Å². The number of hydrogen-bond acceptors (Lipinski definition) is 4. The molecule has 0 aromatic heterocycles. The zero-order chi connectivity index (χ0) is 14.6. The summed E-state index contributed by atoms with van der Waals surface area (Å²) in [5, 5.41) is 5.35. The highest BCUT2D eigenvalue weighted by Gasteiger charge is 2.36. The SMILES string of the molecule is COC(=O)Nc1ccc(NC(=O)C2(N)CCCC2)cc1. The molecular formula is C14H19N3O3. The quantitative estimate of drug-likeness (QED) is 0.788. The van der Waals surface area contributed by atoms with Gasteiger partial charge in [-0.15, -0.1) is 0 Å². The molecule has 1 saturated carbocycles. The van der Waals surface area contributed by atoms with E-state index in [9.17, 15) is 9.59 Å². The number of carbonyl (C=O) groups excluding carboxylic acids is 2. The van der Waals surface area contributed by atoms with Crippen LogP contribution in [-0.2, 0) is 9.53 Å². The van der Waals surface area contributed by atoms with E-state index < -0.39 is 11.6 Å². The van der Waals surface area contributed by atoms with Gasteiger partial charge in [0, 0.05) is 11.4 Å². The standard InChI is InChI=1S/C14H19N3O3/c1-20-13(19)17-11-6-4-10(5-7-11)16-12(18)14(15)8-2-3-9-14/h4-7H,2-3,8-9,15H2,1H3,(H,16,18)(H,17,19). The highest BCUT2D eigenvalue weighted by atomic mass is 16.5. The molecule has 1 fully saturated rings. The molecule has 108 valence electrons. The fraction of sp³-hybridized carbons (Fsp3) is 0.429. The molecule has 0 atom stereocenters. The second-order valence-corrected chi connectivity index (χ2v) is 5.01. The third kappa shape index (κ3) is 3.27. The van der Waals surface area contributed by atoms with E-state index in [1.54, 1.807) is 24.3 Å². The van der Waals surface area contributed by atoms with Gasteiger partial charge in [0.05, 0.1) is 12.6 Å². The van der Waals surface area contributed by atoms with Crippen LogP contribution in [0.3, 0.4) is 0 Å². The van der Waals surface area contributed by atoms with Crippen molar-refractivity contribution in [1.82, 2.24) is 0 Å². The number of anilines is 2. The van der Waals surface area contributed by atoms with Crippen molar-refractivity contribution in [1.29, 1.82) is 0 Å². The Balaban J connectivity index is 1.96. The highest BCUT2D eigenvalue weighted by Crippen LogP contribution is 2.28. The van der Waals surface area contributed by atoms with Gasteiger partial charge in [-0.25, -0.2) is 4.79 Å². The molecule has 4 N–H and O–H groups in total. The van der Waals surface area contributed by atoms with E-state index in [0.717, 1.165) is 25.7 Å². The van der Waals surface area contributed by atoms with Gasteiger partial charge in [-0.2, -0.15) is 0 Å². The van der Waals surface area contributed by atoms with E-state index in [4.69, 9.17) is 5.73 Å². The van der Waals surface area contributed by atoms with Crippen molar-refractivity contribution in [3.63, 3.8) is 0 Å². The summed E-state index contributed by atoms with van der Waals surface area (Å²) in [5.41, 5.74) is 6.58. The Morgan fingerprint density at radius 3 is 2.10 bits per heavy atom. The first-order valence-electron chi connectivity index (χ1n) is 6.59. The van der Waals surface area contributed by atoms with Crippen LogP contribution in [0.5, 0.6) is 0 Å². The predicted octanol–water partition coefficient (Wildman–Crippen LogP) is 2.07. The number of benzene rings is 1. The Morgan fingerprint density at radius 1 is 1.10 bits per heavy atom. The molecule has 2 amide bonds. The summed E-state index contributed by atoms with van der Waals surface area (Å²) in [7, 11) is 1.30. The number of rotatable bonds is 3. The third-order valence-electron chi connectivity index (χ3n) is 3.52. The fourth-order valence-electron chi connectivity index (χ4n) is 2.29. The average molecular weight is 277 g/mol. The molecule has 2 rings (SSSR count). The Labute approximate surface area is 117 Å². The largest absolute Gasteiger partial charge is 0.453 e. The minimum Gasteiger partial charge on any atom is -0.453 e. The molecule has 0 radical (unpaired) electrons. The van der Waals surface area contributed by atoms with Crippen LogP contribution < -0.4 is 16.4 Å². The monoisotopic (exact) mass is 277 g/mol. The van der Waals surface area contributed by atoms with Crippen LogP contribution in [-0.4, -0.2) is 24.6 Å². The lowest BCUT2D eigenvalue weighted by Crippen LogP contribution is -2.48. The molecular weight excluding hydrogens is 258 g/mol. The molecule has 20 heavy (non-hydrogen) atoms. The lowest BCUT2D eigenvalue weighted by atomic mass is 9.98. The summed E-state index contributed by atoms with van der Waals surface area (Å²) < 4.78 is 4.49. The van der Waals surface area contributed by atoms with Gasteiger partial charge < -0.3 is 15.8 Å².